The van der Waals surface area contributed by atoms with E-state index in [1.54, 1.807) is 0 Å². The largest absolute Gasteiger partial charge is 0.386 e. The standard InChI is InChI=1S/C7H15N3/c1-7(2,3)5(8)4-6(9)10/h4,8H,9-10H2,1-3H3. The van der Waals surface area contributed by atoms with Crippen molar-refractivity contribution < 1.29 is 0 Å². The molecule has 0 aromatic carbocycles. The molecule has 3 heteroatoms. The Morgan fingerprint density at radius 2 is 1.70 bits per heavy atom. The smallest absolute Gasteiger partial charge is 0.0951 e. The fraction of sp³-hybridized carbons (Fsp3) is 0.571. The van der Waals surface area contributed by atoms with Gasteiger partial charge in [0.25, 0.3) is 0 Å². The molecule has 3 nitrogen and oxygen atoms in total. The van der Waals surface area contributed by atoms with Gasteiger partial charge < -0.3 is 16.9 Å². The minimum Gasteiger partial charge on any atom is -0.386 e. The Morgan fingerprint density at radius 1 is 1.30 bits per heavy atom. The van der Waals surface area contributed by atoms with E-state index in [1.807, 2.05) is 20.8 Å². The quantitative estimate of drug-likeness (QED) is 0.473. The van der Waals surface area contributed by atoms with Crippen LogP contribution in [0.4, 0.5) is 0 Å². The molecule has 0 saturated heterocycles. The summed E-state index contributed by atoms with van der Waals surface area (Å²) in [5, 5.41) is 7.43. The Kier molecular flexibility index (Phi) is 2.46. The molecular weight excluding hydrogens is 126 g/mol. The molecular formula is C7H15N3. The second-order valence-corrected chi connectivity index (χ2v) is 3.31. The first-order valence-corrected chi connectivity index (χ1v) is 3.15. The highest BCUT2D eigenvalue weighted by atomic mass is 14.8. The first kappa shape index (κ1) is 9.01. The number of rotatable bonds is 1. The van der Waals surface area contributed by atoms with Crippen LogP contribution in [0.25, 0.3) is 0 Å². The van der Waals surface area contributed by atoms with E-state index >= 15 is 0 Å². The molecule has 0 amide bonds. The van der Waals surface area contributed by atoms with Gasteiger partial charge in [-0.1, -0.05) is 20.8 Å². The molecule has 0 aliphatic heterocycles. The van der Waals surface area contributed by atoms with Gasteiger partial charge in [-0.05, 0) is 6.08 Å². The fourth-order valence-electron chi connectivity index (χ4n) is 0.383. The van der Waals surface area contributed by atoms with Crippen molar-refractivity contribution >= 4 is 5.71 Å². The van der Waals surface area contributed by atoms with E-state index in [4.69, 9.17) is 16.9 Å². The lowest BCUT2D eigenvalue weighted by molar-refractivity contribution is 0.590. The van der Waals surface area contributed by atoms with Crippen molar-refractivity contribution in [2.24, 2.45) is 16.9 Å². The summed E-state index contributed by atoms with van der Waals surface area (Å²) < 4.78 is 0. The summed E-state index contributed by atoms with van der Waals surface area (Å²) in [5.74, 6) is 0.194. The Morgan fingerprint density at radius 3 is 1.80 bits per heavy atom. The minimum absolute atomic E-state index is 0.163. The van der Waals surface area contributed by atoms with Gasteiger partial charge in [0.1, 0.15) is 0 Å². The van der Waals surface area contributed by atoms with E-state index in [1.165, 1.54) is 6.08 Å². The maximum atomic E-state index is 7.43. The van der Waals surface area contributed by atoms with Crippen LogP contribution in [0, 0.1) is 10.8 Å². The van der Waals surface area contributed by atoms with Crippen molar-refractivity contribution in [3.63, 3.8) is 0 Å². The number of nitrogens with two attached hydrogens (primary N) is 2. The van der Waals surface area contributed by atoms with Crippen molar-refractivity contribution in [3.8, 4) is 0 Å². The molecule has 0 heterocycles. The van der Waals surface area contributed by atoms with E-state index in [0.29, 0.717) is 5.71 Å². The number of allylic oxidation sites excluding steroid dienone is 1. The lowest BCUT2D eigenvalue weighted by atomic mass is 9.90. The molecule has 58 valence electrons. The van der Waals surface area contributed by atoms with Gasteiger partial charge in [0, 0.05) is 11.1 Å². The van der Waals surface area contributed by atoms with Crippen LogP contribution in [-0.2, 0) is 0 Å². The number of hydrogen-bond acceptors (Lipinski definition) is 3. The van der Waals surface area contributed by atoms with Crippen LogP contribution in [0.3, 0.4) is 0 Å². The normalized spacial score (nSPS) is 10.7. The van der Waals surface area contributed by atoms with Crippen LogP contribution in [-0.4, -0.2) is 5.71 Å². The molecule has 0 bridgehead atoms. The monoisotopic (exact) mass is 141 g/mol. The summed E-state index contributed by atoms with van der Waals surface area (Å²) in [5.41, 5.74) is 10.7. The Balaban J connectivity index is 4.27. The predicted octanol–water partition coefficient (Wildman–Crippen LogP) is 0.811. The molecule has 0 atom stereocenters. The molecule has 5 N–H and O–H groups in total. The highest BCUT2D eigenvalue weighted by molar-refractivity contribution is 5.96. The Hall–Kier alpha value is -0.990. The summed E-state index contributed by atoms with van der Waals surface area (Å²) in [6.07, 6.45) is 1.47. The van der Waals surface area contributed by atoms with Gasteiger partial charge in [0.15, 0.2) is 0 Å². The number of hydrogen-bond donors (Lipinski definition) is 3. The average Bonchev–Trinajstić information content (AvgIpc) is 1.60. The van der Waals surface area contributed by atoms with Crippen molar-refractivity contribution in [2.75, 3.05) is 0 Å². The van der Waals surface area contributed by atoms with Crippen molar-refractivity contribution in [1.82, 2.24) is 0 Å². The van der Waals surface area contributed by atoms with E-state index in [-0.39, 0.29) is 11.2 Å². The topological polar surface area (TPSA) is 75.9 Å². The summed E-state index contributed by atoms with van der Waals surface area (Å²) in [7, 11) is 0. The highest BCUT2D eigenvalue weighted by Crippen LogP contribution is 2.15. The van der Waals surface area contributed by atoms with Gasteiger partial charge in [-0.3, -0.25) is 0 Å². The van der Waals surface area contributed by atoms with Crippen LogP contribution in [0.5, 0.6) is 0 Å². The molecule has 0 radical (unpaired) electrons. The molecule has 0 fully saturated rings. The molecule has 0 rings (SSSR count). The summed E-state index contributed by atoms with van der Waals surface area (Å²) in [6.45, 7) is 5.82. The van der Waals surface area contributed by atoms with Crippen molar-refractivity contribution in [3.05, 3.63) is 11.9 Å². The second kappa shape index (κ2) is 2.73. The van der Waals surface area contributed by atoms with E-state index < -0.39 is 0 Å². The molecule has 0 aliphatic carbocycles. The zero-order valence-corrected chi connectivity index (χ0v) is 6.73. The number of nitrogens with one attached hydrogen (secondary N) is 1. The average molecular weight is 141 g/mol. The van der Waals surface area contributed by atoms with Crippen LogP contribution in [0.1, 0.15) is 20.8 Å². The van der Waals surface area contributed by atoms with Crippen LogP contribution in [0.2, 0.25) is 0 Å². The van der Waals surface area contributed by atoms with Gasteiger partial charge in [-0.25, -0.2) is 0 Å². The maximum absolute atomic E-state index is 7.43. The Bertz CT molecular complexity index is 158. The van der Waals surface area contributed by atoms with Crippen molar-refractivity contribution in [2.45, 2.75) is 20.8 Å². The Labute approximate surface area is 61.6 Å². The molecule has 0 saturated carbocycles. The first-order valence-electron chi connectivity index (χ1n) is 3.15. The first-order chi connectivity index (χ1) is 4.34. The molecule has 0 aliphatic rings. The fourth-order valence-corrected chi connectivity index (χ4v) is 0.383. The van der Waals surface area contributed by atoms with Crippen LogP contribution in [0.15, 0.2) is 11.9 Å². The van der Waals surface area contributed by atoms with Gasteiger partial charge in [-0.2, -0.15) is 0 Å². The SMILES string of the molecule is CC(C)(C)C(=N)C=C(N)N. The van der Waals surface area contributed by atoms with Gasteiger partial charge in [-0.15, -0.1) is 0 Å². The third kappa shape index (κ3) is 3.12. The van der Waals surface area contributed by atoms with Crippen LogP contribution >= 0.6 is 0 Å². The lowest BCUT2D eigenvalue weighted by Crippen LogP contribution is -2.20. The molecule has 0 aromatic heterocycles. The zero-order chi connectivity index (χ0) is 8.36. The third-order valence-corrected chi connectivity index (χ3v) is 1.12. The van der Waals surface area contributed by atoms with Crippen molar-refractivity contribution in [1.29, 1.82) is 5.41 Å². The molecule has 10 heavy (non-hydrogen) atoms. The summed E-state index contributed by atoms with van der Waals surface area (Å²) in [4.78, 5) is 0. The lowest BCUT2D eigenvalue weighted by Gasteiger charge is -2.16. The molecule has 0 aromatic rings. The van der Waals surface area contributed by atoms with E-state index in [0.717, 1.165) is 0 Å². The van der Waals surface area contributed by atoms with Gasteiger partial charge in [0.2, 0.25) is 0 Å². The van der Waals surface area contributed by atoms with Gasteiger partial charge >= 0.3 is 0 Å². The van der Waals surface area contributed by atoms with E-state index in [2.05, 4.69) is 0 Å². The highest BCUT2D eigenvalue weighted by Gasteiger charge is 2.14. The van der Waals surface area contributed by atoms with E-state index in [9.17, 15) is 0 Å². The summed E-state index contributed by atoms with van der Waals surface area (Å²) >= 11 is 0. The predicted molar refractivity (Wildman–Crippen MR) is 43.6 cm³/mol. The minimum atomic E-state index is -0.163. The second-order valence-electron chi connectivity index (χ2n) is 3.31. The molecule has 0 unspecified atom stereocenters. The summed E-state index contributed by atoms with van der Waals surface area (Å²) in [6, 6.07) is 0. The van der Waals surface area contributed by atoms with Crippen LogP contribution < -0.4 is 11.5 Å². The molecule has 0 spiro atoms. The van der Waals surface area contributed by atoms with Gasteiger partial charge in [0.05, 0.1) is 5.82 Å². The maximum Gasteiger partial charge on any atom is 0.0951 e. The third-order valence-electron chi connectivity index (χ3n) is 1.12. The zero-order valence-electron chi connectivity index (χ0n) is 6.73.